The first-order valence-corrected chi connectivity index (χ1v) is 9.77. The van der Waals surface area contributed by atoms with Gasteiger partial charge in [0, 0.05) is 0 Å². The van der Waals surface area contributed by atoms with Crippen molar-refractivity contribution in [1.29, 1.82) is 0 Å². The lowest BCUT2D eigenvalue weighted by molar-refractivity contribution is 0.0664. The lowest BCUT2D eigenvalue weighted by Gasteiger charge is -2.22. The van der Waals surface area contributed by atoms with Gasteiger partial charge in [-0.1, -0.05) is 70.2 Å². The van der Waals surface area contributed by atoms with Crippen LogP contribution >= 0.6 is 0 Å². The van der Waals surface area contributed by atoms with E-state index in [0.717, 1.165) is 19.3 Å². The molecule has 0 saturated carbocycles. The Bertz CT molecular complexity index is 399. The number of aryl methyl sites for hydroxylation is 1. The van der Waals surface area contributed by atoms with Gasteiger partial charge in [0.15, 0.2) is 0 Å². The Kier molecular flexibility index (Phi) is 9.55. The van der Waals surface area contributed by atoms with E-state index in [1.54, 1.807) is 0 Å². The zero-order chi connectivity index (χ0) is 17.1. The molecule has 0 bridgehead atoms. The quantitative estimate of drug-likeness (QED) is 0.428. The first-order chi connectivity index (χ1) is 11.0. The maximum absolute atomic E-state index is 9.93. The minimum absolute atomic E-state index is 0.550. The number of unbranched alkanes of at least 4 members (excludes halogenated alkanes) is 5. The Labute approximate surface area is 144 Å². The number of hydrogen-bond acceptors (Lipinski definition) is 1. The fourth-order valence-corrected chi connectivity index (χ4v) is 3.20. The summed E-state index contributed by atoms with van der Waals surface area (Å²) in [5.41, 5.74) is 2.36. The maximum atomic E-state index is 9.93. The topological polar surface area (TPSA) is 20.2 Å². The normalized spacial score (nSPS) is 13.3. The van der Waals surface area contributed by atoms with E-state index < -0.39 is 5.60 Å². The summed E-state index contributed by atoms with van der Waals surface area (Å²) in [6.07, 6.45) is 12.5. The first-order valence-electron chi connectivity index (χ1n) is 9.77. The van der Waals surface area contributed by atoms with Crippen LogP contribution in [0.3, 0.4) is 0 Å². The highest BCUT2D eigenvalue weighted by Gasteiger charge is 2.17. The van der Waals surface area contributed by atoms with Crippen LogP contribution in [-0.2, 0) is 6.42 Å². The SMILES string of the molecule is CCCCCCCCc1ccc(C(CC)CCC(C)(C)O)cc1. The molecule has 1 heteroatoms. The average molecular weight is 319 g/mol. The molecule has 0 amide bonds. The van der Waals surface area contributed by atoms with Crippen molar-refractivity contribution >= 4 is 0 Å². The van der Waals surface area contributed by atoms with E-state index in [9.17, 15) is 5.11 Å². The molecule has 132 valence electrons. The smallest absolute Gasteiger partial charge is 0.0592 e. The average Bonchev–Trinajstić information content (AvgIpc) is 2.51. The van der Waals surface area contributed by atoms with Gasteiger partial charge in [0.1, 0.15) is 0 Å². The summed E-state index contributed by atoms with van der Waals surface area (Å²) in [7, 11) is 0. The predicted molar refractivity (Wildman–Crippen MR) is 102 cm³/mol. The highest BCUT2D eigenvalue weighted by atomic mass is 16.3. The van der Waals surface area contributed by atoms with Crippen LogP contribution in [0.2, 0.25) is 0 Å². The standard InChI is InChI=1S/C22H38O/c1-5-7-8-9-10-11-12-19-13-15-21(16-14-19)20(6-2)17-18-22(3,4)23/h13-16,20,23H,5-12,17-18H2,1-4H3. The van der Waals surface area contributed by atoms with Crippen molar-refractivity contribution < 1.29 is 5.11 Å². The Morgan fingerprint density at radius 2 is 1.52 bits per heavy atom. The third-order valence-corrected chi connectivity index (χ3v) is 4.87. The molecule has 0 aliphatic heterocycles. The van der Waals surface area contributed by atoms with Crippen molar-refractivity contribution in [3.05, 3.63) is 35.4 Å². The number of hydrogen-bond donors (Lipinski definition) is 1. The largest absolute Gasteiger partial charge is 0.390 e. The van der Waals surface area contributed by atoms with E-state index in [1.165, 1.54) is 56.1 Å². The van der Waals surface area contributed by atoms with E-state index in [4.69, 9.17) is 0 Å². The zero-order valence-electron chi connectivity index (χ0n) is 15.9. The molecule has 1 unspecified atom stereocenters. The van der Waals surface area contributed by atoms with Crippen molar-refractivity contribution in [2.45, 2.75) is 103 Å². The molecule has 0 aromatic heterocycles. The minimum Gasteiger partial charge on any atom is -0.390 e. The fraction of sp³-hybridized carbons (Fsp3) is 0.727. The molecule has 0 aliphatic carbocycles. The molecule has 1 atom stereocenters. The van der Waals surface area contributed by atoms with Crippen molar-refractivity contribution in [3.8, 4) is 0 Å². The third-order valence-electron chi connectivity index (χ3n) is 4.87. The molecule has 1 aromatic rings. The molecule has 1 rings (SSSR count). The second kappa shape index (κ2) is 10.9. The van der Waals surface area contributed by atoms with Crippen LogP contribution in [0.25, 0.3) is 0 Å². The molecular weight excluding hydrogens is 280 g/mol. The molecule has 0 heterocycles. The summed E-state index contributed by atoms with van der Waals surface area (Å²) in [5, 5.41) is 9.93. The van der Waals surface area contributed by atoms with Gasteiger partial charge in [0.2, 0.25) is 0 Å². The Hall–Kier alpha value is -0.820. The lowest BCUT2D eigenvalue weighted by Crippen LogP contribution is -2.19. The highest BCUT2D eigenvalue weighted by Crippen LogP contribution is 2.28. The van der Waals surface area contributed by atoms with Gasteiger partial charge in [0.05, 0.1) is 5.60 Å². The first kappa shape index (κ1) is 20.2. The van der Waals surface area contributed by atoms with E-state index in [1.807, 2.05) is 13.8 Å². The Morgan fingerprint density at radius 1 is 0.913 bits per heavy atom. The lowest BCUT2D eigenvalue weighted by atomic mass is 9.87. The molecule has 1 N–H and O–H groups in total. The zero-order valence-corrected chi connectivity index (χ0v) is 15.9. The molecule has 0 spiro atoms. The molecule has 0 fully saturated rings. The minimum atomic E-state index is -0.550. The Morgan fingerprint density at radius 3 is 2.09 bits per heavy atom. The number of rotatable bonds is 12. The second-order valence-electron chi connectivity index (χ2n) is 7.72. The van der Waals surface area contributed by atoms with Crippen LogP contribution in [-0.4, -0.2) is 10.7 Å². The monoisotopic (exact) mass is 318 g/mol. The van der Waals surface area contributed by atoms with Gasteiger partial charge < -0.3 is 5.11 Å². The van der Waals surface area contributed by atoms with E-state index >= 15 is 0 Å². The van der Waals surface area contributed by atoms with Gasteiger partial charge >= 0.3 is 0 Å². The summed E-state index contributed by atoms with van der Waals surface area (Å²) >= 11 is 0. The number of benzene rings is 1. The van der Waals surface area contributed by atoms with Crippen molar-refractivity contribution in [2.24, 2.45) is 0 Å². The van der Waals surface area contributed by atoms with Crippen molar-refractivity contribution in [2.75, 3.05) is 0 Å². The molecular formula is C22H38O. The van der Waals surface area contributed by atoms with Crippen molar-refractivity contribution in [1.82, 2.24) is 0 Å². The van der Waals surface area contributed by atoms with Crippen LogP contribution in [0.4, 0.5) is 0 Å². The molecule has 1 aromatic carbocycles. The summed E-state index contributed by atoms with van der Waals surface area (Å²) in [4.78, 5) is 0. The predicted octanol–water partition coefficient (Wildman–Crippen LogP) is 6.63. The van der Waals surface area contributed by atoms with Crippen LogP contribution < -0.4 is 0 Å². The van der Waals surface area contributed by atoms with Crippen LogP contribution in [0.1, 0.15) is 103 Å². The van der Waals surface area contributed by atoms with E-state index in [-0.39, 0.29) is 0 Å². The fourth-order valence-electron chi connectivity index (χ4n) is 3.20. The summed E-state index contributed by atoms with van der Waals surface area (Å²) in [5.74, 6) is 0.574. The van der Waals surface area contributed by atoms with Gasteiger partial charge in [-0.25, -0.2) is 0 Å². The Balaban J connectivity index is 2.38. The third kappa shape index (κ3) is 9.15. The second-order valence-corrected chi connectivity index (χ2v) is 7.72. The highest BCUT2D eigenvalue weighted by molar-refractivity contribution is 5.25. The van der Waals surface area contributed by atoms with E-state index in [0.29, 0.717) is 5.92 Å². The van der Waals surface area contributed by atoms with Crippen LogP contribution in [0.5, 0.6) is 0 Å². The van der Waals surface area contributed by atoms with Crippen molar-refractivity contribution in [3.63, 3.8) is 0 Å². The summed E-state index contributed by atoms with van der Waals surface area (Å²) < 4.78 is 0. The van der Waals surface area contributed by atoms with E-state index in [2.05, 4.69) is 38.1 Å². The maximum Gasteiger partial charge on any atom is 0.0592 e. The van der Waals surface area contributed by atoms with Crippen LogP contribution in [0, 0.1) is 0 Å². The van der Waals surface area contributed by atoms with Gasteiger partial charge in [-0.2, -0.15) is 0 Å². The van der Waals surface area contributed by atoms with Gasteiger partial charge in [-0.05, 0) is 63.0 Å². The molecule has 0 aliphatic rings. The molecule has 23 heavy (non-hydrogen) atoms. The molecule has 1 nitrogen and oxygen atoms in total. The van der Waals surface area contributed by atoms with Gasteiger partial charge in [-0.3, -0.25) is 0 Å². The molecule has 0 radical (unpaired) electrons. The van der Waals surface area contributed by atoms with Gasteiger partial charge in [0.25, 0.3) is 0 Å². The summed E-state index contributed by atoms with van der Waals surface area (Å²) in [6, 6.07) is 9.25. The number of aliphatic hydroxyl groups is 1. The molecule has 0 saturated heterocycles. The van der Waals surface area contributed by atoms with Crippen LogP contribution in [0.15, 0.2) is 24.3 Å². The summed E-state index contributed by atoms with van der Waals surface area (Å²) in [6.45, 7) is 8.33. The van der Waals surface area contributed by atoms with Gasteiger partial charge in [-0.15, -0.1) is 0 Å².